The van der Waals surface area contributed by atoms with E-state index in [1.165, 1.54) is 18.3 Å². The van der Waals surface area contributed by atoms with Crippen LogP contribution in [0.5, 0.6) is 11.5 Å². The predicted molar refractivity (Wildman–Crippen MR) is 88.2 cm³/mol. The van der Waals surface area contributed by atoms with Gasteiger partial charge in [-0.15, -0.1) is 0 Å². The summed E-state index contributed by atoms with van der Waals surface area (Å²) in [6.45, 7) is 1.91. The molecular formula is C17H15NO6S. The first-order chi connectivity index (χ1) is 12.0. The fraction of sp³-hybridized carbons (Fsp3) is 0.235. The molecule has 0 saturated heterocycles. The van der Waals surface area contributed by atoms with Gasteiger partial charge in [0.2, 0.25) is 0 Å². The minimum Gasteiger partial charge on any atom is -0.486 e. The van der Waals surface area contributed by atoms with Crippen molar-refractivity contribution in [1.29, 1.82) is 0 Å². The topological polar surface area (TPSA) is 87.9 Å². The Balaban J connectivity index is 1.49. The maximum atomic E-state index is 12.3. The molecule has 0 N–H and O–H groups in total. The van der Waals surface area contributed by atoms with Crippen LogP contribution in [0.2, 0.25) is 0 Å². The van der Waals surface area contributed by atoms with Crippen molar-refractivity contribution in [3.8, 4) is 11.5 Å². The molecule has 1 atom stereocenters. The Bertz CT molecular complexity index is 1010. The van der Waals surface area contributed by atoms with Gasteiger partial charge in [-0.3, -0.25) is 4.18 Å². The van der Waals surface area contributed by atoms with E-state index in [-0.39, 0.29) is 18.1 Å². The standard InChI is InChI=1S/C17H15NO6S/c1-11-2-4-13(5-3-11)25(19,20)22-10-12-9-21-16-7-6-15-14(8-18-24-15)17(16)23-12/h2-8,12H,9-10H2,1H3. The first-order valence-corrected chi connectivity index (χ1v) is 9.07. The summed E-state index contributed by atoms with van der Waals surface area (Å²) in [5, 5.41) is 4.40. The van der Waals surface area contributed by atoms with E-state index < -0.39 is 16.2 Å². The van der Waals surface area contributed by atoms with Crippen LogP contribution in [0, 0.1) is 6.92 Å². The summed E-state index contributed by atoms with van der Waals surface area (Å²) in [4.78, 5) is 0.108. The van der Waals surface area contributed by atoms with Crippen molar-refractivity contribution in [3.63, 3.8) is 0 Å². The molecule has 2 heterocycles. The highest BCUT2D eigenvalue weighted by atomic mass is 32.2. The van der Waals surface area contributed by atoms with Crippen molar-refractivity contribution in [3.05, 3.63) is 48.2 Å². The molecule has 1 aliphatic rings. The third-order valence-corrected chi connectivity index (χ3v) is 5.18. The molecule has 0 radical (unpaired) electrons. The van der Waals surface area contributed by atoms with Gasteiger partial charge in [0.1, 0.15) is 13.2 Å². The summed E-state index contributed by atoms with van der Waals surface area (Å²) < 4.78 is 46.2. The average Bonchev–Trinajstić information content (AvgIpc) is 3.09. The molecule has 4 rings (SSSR count). The lowest BCUT2D eigenvalue weighted by atomic mass is 10.2. The van der Waals surface area contributed by atoms with Crippen LogP contribution >= 0.6 is 0 Å². The molecule has 2 aromatic carbocycles. The quantitative estimate of drug-likeness (QED) is 0.660. The Morgan fingerprint density at radius 1 is 1.20 bits per heavy atom. The summed E-state index contributed by atoms with van der Waals surface area (Å²) in [5.74, 6) is 1.04. The number of hydrogen-bond acceptors (Lipinski definition) is 7. The number of ether oxygens (including phenoxy) is 2. The van der Waals surface area contributed by atoms with E-state index in [0.29, 0.717) is 22.5 Å². The van der Waals surface area contributed by atoms with Crippen molar-refractivity contribution in [2.45, 2.75) is 17.9 Å². The zero-order valence-corrected chi connectivity index (χ0v) is 14.2. The molecule has 8 heteroatoms. The van der Waals surface area contributed by atoms with E-state index in [4.69, 9.17) is 18.2 Å². The molecule has 1 aliphatic heterocycles. The zero-order chi connectivity index (χ0) is 17.4. The number of hydrogen-bond donors (Lipinski definition) is 0. The van der Waals surface area contributed by atoms with Crippen LogP contribution in [0.3, 0.4) is 0 Å². The van der Waals surface area contributed by atoms with Gasteiger partial charge in [-0.1, -0.05) is 22.9 Å². The maximum absolute atomic E-state index is 12.3. The summed E-state index contributed by atoms with van der Waals surface area (Å²) in [5.41, 5.74) is 1.54. The van der Waals surface area contributed by atoms with E-state index in [9.17, 15) is 8.42 Å². The molecule has 0 bridgehead atoms. The van der Waals surface area contributed by atoms with Crippen molar-refractivity contribution >= 4 is 21.1 Å². The van der Waals surface area contributed by atoms with Crippen molar-refractivity contribution in [1.82, 2.24) is 5.16 Å². The second-order valence-corrected chi connectivity index (χ2v) is 7.35. The van der Waals surface area contributed by atoms with Crippen LogP contribution < -0.4 is 9.47 Å². The molecule has 3 aromatic rings. The lowest BCUT2D eigenvalue weighted by molar-refractivity contribution is 0.0571. The smallest absolute Gasteiger partial charge is 0.297 e. The van der Waals surface area contributed by atoms with Gasteiger partial charge >= 0.3 is 0 Å². The van der Waals surface area contributed by atoms with E-state index in [2.05, 4.69) is 5.16 Å². The number of fused-ring (bicyclic) bond motifs is 3. The van der Waals surface area contributed by atoms with Crippen LogP contribution in [0.25, 0.3) is 11.0 Å². The number of benzene rings is 2. The van der Waals surface area contributed by atoms with Crippen LogP contribution in [0.4, 0.5) is 0 Å². The number of rotatable bonds is 4. The molecule has 0 saturated carbocycles. The second kappa shape index (κ2) is 6.05. The largest absolute Gasteiger partial charge is 0.486 e. The Hall–Kier alpha value is -2.58. The molecule has 0 spiro atoms. The predicted octanol–water partition coefficient (Wildman–Crippen LogP) is 2.68. The van der Waals surface area contributed by atoms with Crippen molar-refractivity contribution in [2.75, 3.05) is 13.2 Å². The van der Waals surface area contributed by atoms with Gasteiger partial charge in [0.15, 0.2) is 23.2 Å². The maximum Gasteiger partial charge on any atom is 0.297 e. The lowest BCUT2D eigenvalue weighted by Gasteiger charge is -2.26. The van der Waals surface area contributed by atoms with Crippen LogP contribution in [0.1, 0.15) is 5.56 Å². The highest BCUT2D eigenvalue weighted by Gasteiger charge is 2.27. The number of nitrogens with zero attached hydrogens (tertiary/aromatic N) is 1. The molecular weight excluding hydrogens is 346 g/mol. The highest BCUT2D eigenvalue weighted by Crippen LogP contribution is 2.38. The number of aryl methyl sites for hydroxylation is 1. The van der Waals surface area contributed by atoms with E-state index in [1.807, 2.05) is 6.92 Å². The minimum atomic E-state index is -3.85. The SMILES string of the molecule is Cc1ccc(S(=O)(=O)OCC2COc3ccc4oncc4c3O2)cc1. The molecule has 0 aliphatic carbocycles. The van der Waals surface area contributed by atoms with Gasteiger partial charge in [-0.25, -0.2) is 0 Å². The van der Waals surface area contributed by atoms with Gasteiger partial charge in [0.25, 0.3) is 10.1 Å². The van der Waals surface area contributed by atoms with Crippen LogP contribution in [0.15, 0.2) is 52.0 Å². The first kappa shape index (κ1) is 15.9. The molecule has 7 nitrogen and oxygen atoms in total. The molecule has 130 valence electrons. The third kappa shape index (κ3) is 3.06. The normalized spacial score (nSPS) is 16.9. The van der Waals surface area contributed by atoms with Gasteiger partial charge in [-0.2, -0.15) is 8.42 Å². The summed E-state index contributed by atoms with van der Waals surface area (Å²) in [6.07, 6.45) is 0.970. The average molecular weight is 361 g/mol. The lowest BCUT2D eigenvalue weighted by Crippen LogP contribution is -2.34. The van der Waals surface area contributed by atoms with Gasteiger partial charge in [0, 0.05) is 0 Å². The first-order valence-electron chi connectivity index (χ1n) is 7.66. The van der Waals surface area contributed by atoms with Gasteiger partial charge < -0.3 is 14.0 Å². The monoisotopic (exact) mass is 361 g/mol. The van der Waals surface area contributed by atoms with Crippen molar-refractivity contribution in [2.24, 2.45) is 0 Å². The summed E-state index contributed by atoms with van der Waals surface area (Å²) in [6, 6.07) is 9.93. The van der Waals surface area contributed by atoms with E-state index >= 15 is 0 Å². The fourth-order valence-corrected chi connectivity index (χ4v) is 3.47. The summed E-state index contributed by atoms with van der Waals surface area (Å²) >= 11 is 0. The molecule has 25 heavy (non-hydrogen) atoms. The third-order valence-electron chi connectivity index (χ3n) is 3.88. The second-order valence-electron chi connectivity index (χ2n) is 5.73. The molecule has 0 fully saturated rings. The van der Waals surface area contributed by atoms with Crippen molar-refractivity contribution < 1.29 is 26.6 Å². The van der Waals surface area contributed by atoms with Gasteiger partial charge in [0.05, 0.1) is 16.5 Å². The zero-order valence-electron chi connectivity index (χ0n) is 13.3. The van der Waals surface area contributed by atoms with E-state index in [1.54, 1.807) is 24.3 Å². The summed E-state index contributed by atoms with van der Waals surface area (Å²) in [7, 11) is -3.85. The minimum absolute atomic E-state index is 0.108. The molecule has 1 unspecified atom stereocenters. The van der Waals surface area contributed by atoms with Crippen LogP contribution in [-0.2, 0) is 14.3 Å². The molecule has 0 amide bonds. The Labute approximate surface area is 144 Å². The Morgan fingerprint density at radius 2 is 2.00 bits per heavy atom. The Morgan fingerprint density at radius 3 is 2.80 bits per heavy atom. The fourth-order valence-electron chi connectivity index (χ4n) is 2.54. The van der Waals surface area contributed by atoms with Crippen LogP contribution in [-0.4, -0.2) is 32.9 Å². The number of aromatic nitrogens is 1. The van der Waals surface area contributed by atoms with E-state index in [0.717, 1.165) is 5.56 Å². The highest BCUT2D eigenvalue weighted by molar-refractivity contribution is 7.86. The van der Waals surface area contributed by atoms with Gasteiger partial charge in [-0.05, 0) is 31.2 Å². The Kier molecular flexibility index (Phi) is 3.85. The molecule has 1 aromatic heterocycles.